The summed E-state index contributed by atoms with van der Waals surface area (Å²) < 4.78 is 6.47. The van der Waals surface area contributed by atoms with Crippen molar-refractivity contribution in [2.75, 3.05) is 18.1 Å². The Morgan fingerprint density at radius 2 is 2.05 bits per heavy atom. The van der Waals surface area contributed by atoms with E-state index in [1.54, 1.807) is 0 Å². The molecule has 2 rings (SSSR count). The van der Waals surface area contributed by atoms with E-state index in [1.807, 2.05) is 23.9 Å². The van der Waals surface area contributed by atoms with E-state index < -0.39 is 8.07 Å². The van der Waals surface area contributed by atoms with Crippen LogP contribution in [0.5, 0.6) is 0 Å². The average Bonchev–Trinajstić information content (AvgIpc) is 2.87. The fourth-order valence-corrected chi connectivity index (χ4v) is 4.76. The van der Waals surface area contributed by atoms with Crippen molar-refractivity contribution < 1.29 is 9.53 Å². The number of carbonyl (C=O) groups excluding carboxylic acids is 1. The van der Waals surface area contributed by atoms with Gasteiger partial charge in [-0.15, -0.1) is 0 Å². The zero-order chi connectivity index (χ0) is 16.2. The van der Waals surface area contributed by atoms with Crippen LogP contribution in [0, 0.1) is 0 Å². The third-order valence-electron chi connectivity index (χ3n) is 3.85. The van der Waals surface area contributed by atoms with Crippen LogP contribution in [0.25, 0.3) is 0 Å². The molecule has 1 N–H and O–H groups in total. The zero-order valence-corrected chi connectivity index (χ0v) is 16.9. The van der Waals surface area contributed by atoms with Gasteiger partial charge >= 0.3 is 6.09 Å². The van der Waals surface area contributed by atoms with Crippen molar-refractivity contribution in [3.8, 4) is 0 Å². The Labute approximate surface area is 146 Å². The van der Waals surface area contributed by atoms with E-state index in [0.717, 1.165) is 34.0 Å². The van der Waals surface area contributed by atoms with E-state index >= 15 is 0 Å². The third-order valence-corrected chi connectivity index (χ3v) is 7.27. The molecule has 0 saturated carbocycles. The van der Waals surface area contributed by atoms with Gasteiger partial charge < -0.3 is 10.1 Å². The van der Waals surface area contributed by atoms with Crippen LogP contribution in [-0.4, -0.2) is 32.3 Å². The molecule has 6 heteroatoms. The quantitative estimate of drug-likeness (QED) is 0.716. The highest BCUT2D eigenvalue weighted by Gasteiger charge is 2.38. The van der Waals surface area contributed by atoms with Gasteiger partial charge in [0, 0.05) is 18.3 Å². The number of rotatable bonds is 5. The molecule has 22 heavy (non-hydrogen) atoms. The number of amides is 1. The van der Waals surface area contributed by atoms with Gasteiger partial charge in [0.15, 0.2) is 0 Å². The molecule has 0 aromatic heterocycles. The van der Waals surface area contributed by atoms with Crippen molar-refractivity contribution >= 4 is 41.9 Å². The predicted molar refractivity (Wildman–Crippen MR) is 100 cm³/mol. The lowest BCUT2D eigenvalue weighted by Gasteiger charge is -2.30. The minimum absolute atomic E-state index is 0.288. The lowest BCUT2D eigenvalue weighted by molar-refractivity contribution is 0.139. The Kier molecular flexibility index (Phi) is 6.02. The lowest BCUT2D eigenvalue weighted by atomic mass is 9.89. The molecule has 122 valence electrons. The summed E-state index contributed by atoms with van der Waals surface area (Å²) in [5, 5.41) is 3.13. The van der Waals surface area contributed by atoms with E-state index in [2.05, 4.69) is 53.0 Å². The van der Waals surface area contributed by atoms with Gasteiger partial charge in [-0.1, -0.05) is 47.7 Å². The summed E-state index contributed by atoms with van der Waals surface area (Å²) >= 11 is 5.34. The summed E-state index contributed by atoms with van der Waals surface area (Å²) in [4.78, 5) is 12.2. The van der Waals surface area contributed by atoms with Crippen molar-refractivity contribution in [2.24, 2.45) is 0 Å². The van der Waals surface area contributed by atoms with Crippen LogP contribution in [0.2, 0.25) is 25.7 Å². The number of hydrogen-bond acceptors (Lipinski definition) is 3. The molecule has 0 bridgehead atoms. The van der Waals surface area contributed by atoms with Crippen LogP contribution in [0.1, 0.15) is 12.0 Å². The molecule has 1 saturated heterocycles. The van der Waals surface area contributed by atoms with Gasteiger partial charge in [0.1, 0.15) is 0 Å². The molecule has 1 aromatic rings. The minimum Gasteiger partial charge on any atom is -0.450 e. The molecular weight excluding hydrogens is 378 g/mol. The molecule has 1 atom stereocenters. The van der Waals surface area contributed by atoms with Crippen LogP contribution >= 0.6 is 27.7 Å². The number of ether oxygens (including phenoxy) is 1. The maximum atomic E-state index is 12.2. The van der Waals surface area contributed by atoms with Gasteiger partial charge in [-0.3, -0.25) is 0 Å². The fraction of sp³-hybridized carbons (Fsp3) is 0.562. The molecule has 1 heterocycles. The first kappa shape index (κ1) is 17.9. The first-order chi connectivity index (χ1) is 10.3. The topological polar surface area (TPSA) is 38.3 Å². The summed E-state index contributed by atoms with van der Waals surface area (Å²) in [7, 11) is -1.17. The minimum atomic E-state index is -1.17. The zero-order valence-electron chi connectivity index (χ0n) is 13.4. The molecule has 1 aliphatic rings. The smallest absolute Gasteiger partial charge is 0.407 e. The van der Waals surface area contributed by atoms with Crippen molar-refractivity contribution in [3.05, 3.63) is 34.3 Å². The highest BCUT2D eigenvalue weighted by molar-refractivity contribution is 9.10. The number of benzene rings is 1. The number of halogens is 1. The number of alkyl carbamates (subject to hydrolysis) is 1. The molecule has 1 aliphatic heterocycles. The SMILES string of the molecule is C[Si](C)(C)CCOC(=O)NC1(c2ccc(Br)cc2)CCSC1. The van der Waals surface area contributed by atoms with Crippen LogP contribution in [0.3, 0.4) is 0 Å². The Balaban J connectivity index is 2.00. The van der Waals surface area contributed by atoms with Crippen molar-refractivity contribution in [3.63, 3.8) is 0 Å². The van der Waals surface area contributed by atoms with Crippen LogP contribution in [0.15, 0.2) is 28.7 Å². The maximum absolute atomic E-state index is 12.2. The second-order valence-electron chi connectivity index (χ2n) is 6.96. The number of hydrogen-bond donors (Lipinski definition) is 1. The van der Waals surface area contributed by atoms with Crippen LogP contribution in [0.4, 0.5) is 4.79 Å². The predicted octanol–water partition coefficient (Wildman–Crippen LogP) is 4.85. The van der Waals surface area contributed by atoms with E-state index in [9.17, 15) is 4.79 Å². The lowest BCUT2D eigenvalue weighted by Crippen LogP contribution is -2.46. The Morgan fingerprint density at radius 3 is 2.59 bits per heavy atom. The fourth-order valence-electron chi connectivity index (χ4n) is 2.41. The Bertz CT molecular complexity index is 510. The summed E-state index contributed by atoms with van der Waals surface area (Å²) in [5.74, 6) is 1.96. The monoisotopic (exact) mass is 401 g/mol. The first-order valence-corrected chi connectivity index (χ1v) is 13.3. The van der Waals surface area contributed by atoms with Gasteiger partial charge in [0.05, 0.1) is 12.1 Å². The van der Waals surface area contributed by atoms with Gasteiger partial charge in [-0.05, 0) is 35.9 Å². The van der Waals surface area contributed by atoms with Gasteiger partial charge in [-0.25, -0.2) is 4.79 Å². The van der Waals surface area contributed by atoms with Crippen molar-refractivity contribution in [2.45, 2.75) is 37.6 Å². The number of nitrogens with one attached hydrogen (secondary N) is 1. The highest BCUT2D eigenvalue weighted by atomic mass is 79.9. The van der Waals surface area contributed by atoms with Crippen LogP contribution < -0.4 is 5.32 Å². The van der Waals surface area contributed by atoms with Gasteiger partial charge in [0.25, 0.3) is 0 Å². The van der Waals surface area contributed by atoms with E-state index in [-0.39, 0.29) is 11.6 Å². The average molecular weight is 402 g/mol. The van der Waals surface area contributed by atoms with Crippen molar-refractivity contribution in [1.29, 1.82) is 0 Å². The second-order valence-corrected chi connectivity index (χ2v) is 14.6. The summed E-state index contributed by atoms with van der Waals surface area (Å²) in [6.45, 7) is 7.37. The summed E-state index contributed by atoms with van der Waals surface area (Å²) in [5.41, 5.74) is 0.865. The van der Waals surface area contributed by atoms with E-state index in [0.29, 0.717) is 6.61 Å². The normalized spacial score (nSPS) is 21.6. The first-order valence-electron chi connectivity index (χ1n) is 7.60. The Morgan fingerprint density at radius 1 is 1.36 bits per heavy atom. The largest absolute Gasteiger partial charge is 0.450 e. The summed E-state index contributed by atoms with van der Waals surface area (Å²) in [6.07, 6.45) is 0.659. The standard InChI is InChI=1S/C16H24BrNO2SSi/c1-22(2,3)11-9-20-15(19)18-16(8-10-21-12-16)13-4-6-14(17)7-5-13/h4-7H,8-12H2,1-3H3,(H,18,19). The van der Waals surface area contributed by atoms with Gasteiger partial charge in [0.2, 0.25) is 0 Å². The molecule has 0 spiro atoms. The number of thioether (sulfide) groups is 1. The van der Waals surface area contributed by atoms with E-state index in [1.165, 1.54) is 0 Å². The number of carbonyl (C=O) groups is 1. The Hall–Kier alpha value is -0.463. The highest BCUT2D eigenvalue weighted by Crippen LogP contribution is 2.37. The van der Waals surface area contributed by atoms with Gasteiger partial charge in [-0.2, -0.15) is 11.8 Å². The van der Waals surface area contributed by atoms with E-state index in [4.69, 9.17) is 4.74 Å². The molecule has 0 aliphatic carbocycles. The molecule has 0 radical (unpaired) electrons. The molecule has 1 amide bonds. The summed E-state index contributed by atoms with van der Waals surface area (Å²) in [6, 6.07) is 9.22. The second kappa shape index (κ2) is 7.40. The molecule has 1 aromatic carbocycles. The third kappa shape index (κ3) is 5.03. The van der Waals surface area contributed by atoms with Crippen LogP contribution in [-0.2, 0) is 10.3 Å². The molecule has 1 unspecified atom stereocenters. The molecule has 1 fully saturated rings. The molecule has 3 nitrogen and oxygen atoms in total. The van der Waals surface area contributed by atoms with Crippen molar-refractivity contribution in [1.82, 2.24) is 5.32 Å². The maximum Gasteiger partial charge on any atom is 0.407 e. The molecular formula is C16H24BrNO2SSi.